The van der Waals surface area contributed by atoms with Gasteiger partial charge in [0.2, 0.25) is 0 Å². The van der Waals surface area contributed by atoms with Crippen molar-refractivity contribution in [3.8, 4) is 0 Å². The molecular weight excluding hydrogens is 312 g/mol. The number of aryl methyl sites for hydroxylation is 1. The Bertz CT molecular complexity index is 718. The van der Waals surface area contributed by atoms with Crippen molar-refractivity contribution >= 4 is 17.7 Å². The summed E-state index contributed by atoms with van der Waals surface area (Å²) in [6, 6.07) is 5.61. The van der Waals surface area contributed by atoms with Crippen molar-refractivity contribution < 1.29 is 18.8 Å². The van der Waals surface area contributed by atoms with Gasteiger partial charge in [-0.2, -0.15) is 0 Å². The summed E-state index contributed by atoms with van der Waals surface area (Å²) in [5.41, 5.74) is 5.07. The van der Waals surface area contributed by atoms with Crippen LogP contribution in [-0.2, 0) is 11.8 Å². The molecule has 0 aliphatic heterocycles. The highest BCUT2D eigenvalue weighted by Gasteiger charge is 2.26. The number of rotatable bonds is 5. The molecule has 0 aliphatic carbocycles. The van der Waals surface area contributed by atoms with Crippen LogP contribution in [0.4, 0.5) is 0 Å². The molecule has 128 valence electrons. The number of furan rings is 1. The van der Waals surface area contributed by atoms with Crippen LogP contribution in [0.2, 0.25) is 0 Å². The molecule has 0 fully saturated rings. The highest BCUT2D eigenvalue weighted by Crippen LogP contribution is 2.06. The Hall–Kier alpha value is -3.03. The molecule has 0 saturated carbocycles. The van der Waals surface area contributed by atoms with Crippen LogP contribution >= 0.6 is 0 Å². The summed E-state index contributed by atoms with van der Waals surface area (Å²) in [6.45, 7) is 3.57. The van der Waals surface area contributed by atoms with Gasteiger partial charge in [0.15, 0.2) is 5.76 Å². The number of hydrazine groups is 1. The fraction of sp³-hybridized carbons (Fsp3) is 0.312. The summed E-state index contributed by atoms with van der Waals surface area (Å²) in [4.78, 5) is 36.3. The van der Waals surface area contributed by atoms with Gasteiger partial charge in [-0.15, -0.1) is 0 Å². The van der Waals surface area contributed by atoms with Crippen LogP contribution in [0.3, 0.4) is 0 Å². The molecule has 3 N–H and O–H groups in total. The average Bonchev–Trinajstić information content (AvgIpc) is 3.20. The quantitative estimate of drug-likeness (QED) is 0.705. The molecule has 8 heteroatoms. The Balaban J connectivity index is 1.95. The minimum Gasteiger partial charge on any atom is -0.459 e. The van der Waals surface area contributed by atoms with Crippen LogP contribution in [0.1, 0.15) is 34.9 Å². The molecular formula is C16H20N4O4. The Labute approximate surface area is 139 Å². The second kappa shape index (κ2) is 7.49. The zero-order valence-corrected chi connectivity index (χ0v) is 13.7. The number of carbonyl (C=O) groups is 3. The maximum atomic E-state index is 12.3. The SMILES string of the molecule is CC(C)C(NC(=O)c1ccco1)C(=O)NNC(=O)c1cccn1C. The van der Waals surface area contributed by atoms with Crippen molar-refractivity contribution in [2.24, 2.45) is 13.0 Å². The molecule has 2 aromatic rings. The predicted molar refractivity (Wildman–Crippen MR) is 85.8 cm³/mol. The molecule has 0 saturated heterocycles. The third-order valence-electron chi connectivity index (χ3n) is 3.46. The van der Waals surface area contributed by atoms with E-state index >= 15 is 0 Å². The topological polar surface area (TPSA) is 105 Å². The first-order valence-electron chi connectivity index (χ1n) is 7.46. The predicted octanol–water partition coefficient (Wildman–Crippen LogP) is 0.834. The minimum atomic E-state index is -0.823. The second-order valence-electron chi connectivity index (χ2n) is 5.62. The van der Waals surface area contributed by atoms with Crippen molar-refractivity contribution in [3.63, 3.8) is 0 Å². The van der Waals surface area contributed by atoms with Crippen molar-refractivity contribution in [1.82, 2.24) is 20.7 Å². The smallest absolute Gasteiger partial charge is 0.287 e. The minimum absolute atomic E-state index is 0.112. The summed E-state index contributed by atoms with van der Waals surface area (Å²) in [6.07, 6.45) is 3.09. The van der Waals surface area contributed by atoms with Gasteiger partial charge in [0.05, 0.1) is 6.26 Å². The van der Waals surface area contributed by atoms with Gasteiger partial charge in [-0.25, -0.2) is 0 Å². The van der Waals surface area contributed by atoms with Gasteiger partial charge in [0.25, 0.3) is 17.7 Å². The molecule has 1 atom stereocenters. The maximum absolute atomic E-state index is 12.3. The lowest BCUT2D eigenvalue weighted by molar-refractivity contribution is -0.124. The van der Waals surface area contributed by atoms with Crippen LogP contribution in [0, 0.1) is 5.92 Å². The highest BCUT2D eigenvalue weighted by atomic mass is 16.3. The van der Waals surface area contributed by atoms with Crippen molar-refractivity contribution in [3.05, 3.63) is 48.2 Å². The molecule has 0 radical (unpaired) electrons. The van der Waals surface area contributed by atoms with Gasteiger partial charge in [-0.1, -0.05) is 13.8 Å². The lowest BCUT2D eigenvalue weighted by Crippen LogP contribution is -2.54. The summed E-state index contributed by atoms with van der Waals surface area (Å²) in [7, 11) is 1.72. The Kier molecular flexibility index (Phi) is 5.41. The Morgan fingerprint density at radius 1 is 1.08 bits per heavy atom. The third-order valence-corrected chi connectivity index (χ3v) is 3.46. The molecule has 2 heterocycles. The zero-order chi connectivity index (χ0) is 17.7. The lowest BCUT2D eigenvalue weighted by Gasteiger charge is -2.21. The molecule has 8 nitrogen and oxygen atoms in total. The third kappa shape index (κ3) is 4.03. The van der Waals surface area contributed by atoms with Crippen molar-refractivity contribution in [2.45, 2.75) is 19.9 Å². The molecule has 0 bridgehead atoms. The van der Waals surface area contributed by atoms with Crippen LogP contribution < -0.4 is 16.2 Å². The molecule has 0 aliphatic rings. The number of hydrogen-bond acceptors (Lipinski definition) is 4. The van der Waals surface area contributed by atoms with Gasteiger partial charge in [-0.05, 0) is 30.2 Å². The van der Waals surface area contributed by atoms with E-state index in [4.69, 9.17) is 4.42 Å². The number of hydrogen-bond donors (Lipinski definition) is 3. The van der Waals surface area contributed by atoms with E-state index in [0.717, 1.165) is 0 Å². The number of carbonyl (C=O) groups excluding carboxylic acids is 3. The van der Waals surface area contributed by atoms with Crippen molar-refractivity contribution in [1.29, 1.82) is 0 Å². The summed E-state index contributed by atoms with van der Waals surface area (Å²) in [5, 5.41) is 2.59. The van der Waals surface area contributed by atoms with Gasteiger partial charge < -0.3 is 14.3 Å². The largest absolute Gasteiger partial charge is 0.459 e. The van der Waals surface area contributed by atoms with Crippen LogP contribution in [0.5, 0.6) is 0 Å². The van der Waals surface area contributed by atoms with E-state index in [-0.39, 0.29) is 11.7 Å². The Morgan fingerprint density at radius 2 is 1.83 bits per heavy atom. The first-order valence-corrected chi connectivity index (χ1v) is 7.46. The fourth-order valence-corrected chi connectivity index (χ4v) is 2.11. The highest BCUT2D eigenvalue weighted by molar-refractivity contribution is 5.97. The van der Waals surface area contributed by atoms with Gasteiger partial charge in [0.1, 0.15) is 11.7 Å². The van der Waals surface area contributed by atoms with Crippen LogP contribution in [0.15, 0.2) is 41.1 Å². The van der Waals surface area contributed by atoms with Gasteiger partial charge in [0, 0.05) is 13.2 Å². The molecule has 2 aromatic heterocycles. The van der Waals surface area contributed by atoms with E-state index in [1.54, 1.807) is 49.9 Å². The zero-order valence-electron chi connectivity index (χ0n) is 13.7. The maximum Gasteiger partial charge on any atom is 0.287 e. The molecule has 0 spiro atoms. The standard InChI is InChI=1S/C16H20N4O4/c1-10(2)13(17-15(22)12-7-5-9-24-12)16(23)19-18-14(21)11-6-4-8-20(11)3/h4-10,13H,1-3H3,(H,17,22)(H,18,21)(H,19,23). The summed E-state index contributed by atoms with van der Waals surface area (Å²) >= 11 is 0. The fourth-order valence-electron chi connectivity index (χ4n) is 2.11. The molecule has 2 rings (SSSR count). The Morgan fingerprint density at radius 3 is 2.38 bits per heavy atom. The molecule has 0 aromatic carbocycles. The molecule has 24 heavy (non-hydrogen) atoms. The summed E-state index contributed by atoms with van der Waals surface area (Å²) < 4.78 is 6.62. The van der Waals surface area contributed by atoms with E-state index in [1.807, 2.05) is 0 Å². The summed E-state index contributed by atoms with van der Waals surface area (Å²) in [5.74, 6) is -1.54. The van der Waals surface area contributed by atoms with Crippen LogP contribution in [0.25, 0.3) is 0 Å². The average molecular weight is 332 g/mol. The number of nitrogens with one attached hydrogen (secondary N) is 3. The number of nitrogens with zero attached hydrogens (tertiary/aromatic N) is 1. The number of aromatic nitrogens is 1. The number of amides is 3. The van der Waals surface area contributed by atoms with E-state index in [9.17, 15) is 14.4 Å². The van der Waals surface area contributed by atoms with Crippen LogP contribution in [-0.4, -0.2) is 28.3 Å². The van der Waals surface area contributed by atoms with E-state index in [1.165, 1.54) is 12.3 Å². The lowest BCUT2D eigenvalue weighted by atomic mass is 10.0. The first-order chi connectivity index (χ1) is 11.4. The second-order valence-corrected chi connectivity index (χ2v) is 5.62. The molecule has 3 amide bonds. The van der Waals surface area contributed by atoms with Gasteiger partial charge in [-0.3, -0.25) is 25.2 Å². The normalized spacial score (nSPS) is 11.8. The van der Waals surface area contributed by atoms with E-state index in [0.29, 0.717) is 5.69 Å². The first kappa shape index (κ1) is 17.3. The monoisotopic (exact) mass is 332 g/mol. The van der Waals surface area contributed by atoms with E-state index < -0.39 is 23.8 Å². The van der Waals surface area contributed by atoms with E-state index in [2.05, 4.69) is 16.2 Å². The van der Waals surface area contributed by atoms with Gasteiger partial charge >= 0.3 is 0 Å². The molecule has 1 unspecified atom stereocenters. The van der Waals surface area contributed by atoms with Crippen molar-refractivity contribution in [2.75, 3.05) is 0 Å².